The average molecular weight is 526 g/mol. The van der Waals surface area contributed by atoms with Gasteiger partial charge in [0.2, 0.25) is 0 Å². The van der Waals surface area contributed by atoms with Crippen molar-refractivity contribution in [3.63, 3.8) is 0 Å². The second-order valence-electron chi connectivity index (χ2n) is 4.82. The molecule has 0 atom stereocenters. The van der Waals surface area contributed by atoms with Gasteiger partial charge in [-0.3, -0.25) is 13.6 Å². The molecule has 0 amide bonds. The topological polar surface area (TPSA) is 63.2 Å². The van der Waals surface area contributed by atoms with Gasteiger partial charge in [-0.05, 0) is 0 Å². The molecule has 0 saturated carbocycles. The number of ether oxygens (including phenoxy) is 2. The maximum absolute atomic E-state index is 13.2. The number of phosphoric ester groups is 1. The molecule has 0 aromatic heterocycles. The van der Waals surface area contributed by atoms with Crippen LogP contribution in [0.1, 0.15) is 0 Å². The molecule has 6 nitrogen and oxygen atoms in total. The number of halogens is 15. The first-order chi connectivity index (χ1) is 13.3. The van der Waals surface area contributed by atoms with Crippen molar-refractivity contribution in [3.8, 4) is 0 Å². The van der Waals surface area contributed by atoms with Gasteiger partial charge >= 0.3 is 44.9 Å². The summed E-state index contributed by atoms with van der Waals surface area (Å²) >= 11 is 0. The molecular formula is C9H6F15O6P. The maximum Gasteiger partial charge on any atom is 0.527 e. The summed E-state index contributed by atoms with van der Waals surface area (Å²) in [4.78, 5) is 0. The van der Waals surface area contributed by atoms with E-state index in [9.17, 15) is 70.4 Å². The predicted molar refractivity (Wildman–Crippen MR) is 60.6 cm³/mol. The number of rotatable bonds is 11. The molecule has 0 aliphatic heterocycles. The van der Waals surface area contributed by atoms with E-state index in [0.717, 1.165) is 0 Å². The van der Waals surface area contributed by atoms with Gasteiger partial charge in [-0.1, -0.05) is 0 Å². The molecule has 0 unspecified atom stereocenters. The minimum absolute atomic E-state index is 1.60. The normalized spacial score (nSPS) is 15.5. The van der Waals surface area contributed by atoms with E-state index in [4.69, 9.17) is 0 Å². The van der Waals surface area contributed by atoms with Crippen LogP contribution in [0.2, 0.25) is 0 Å². The van der Waals surface area contributed by atoms with Crippen LogP contribution in [-0.2, 0) is 27.6 Å². The number of alkyl halides is 15. The minimum atomic E-state index is -6.81. The molecule has 22 heteroatoms. The molecule has 0 heterocycles. The lowest BCUT2D eigenvalue weighted by atomic mass is 10.5. The molecule has 0 spiro atoms. The number of phosphoric acid groups is 1. The van der Waals surface area contributed by atoms with Crippen LogP contribution in [-0.4, -0.2) is 56.9 Å². The highest BCUT2D eigenvalue weighted by molar-refractivity contribution is 7.48. The van der Waals surface area contributed by atoms with Gasteiger partial charge in [0.15, 0.2) is 13.2 Å². The van der Waals surface area contributed by atoms with Gasteiger partial charge in [-0.2, -0.15) is 52.7 Å². The van der Waals surface area contributed by atoms with Gasteiger partial charge in [0.1, 0.15) is 6.61 Å². The highest BCUT2D eigenvalue weighted by Crippen LogP contribution is 2.53. The third kappa shape index (κ3) is 12.6. The zero-order chi connectivity index (χ0) is 25.2. The van der Waals surface area contributed by atoms with Crippen LogP contribution in [0.5, 0.6) is 0 Å². The van der Waals surface area contributed by atoms with E-state index in [0.29, 0.717) is 0 Å². The van der Waals surface area contributed by atoms with E-state index in [1.54, 1.807) is 4.74 Å². The van der Waals surface area contributed by atoms with Crippen LogP contribution < -0.4 is 0 Å². The predicted octanol–water partition coefficient (Wildman–Crippen LogP) is 5.60. The van der Waals surface area contributed by atoms with Crippen LogP contribution >= 0.6 is 7.82 Å². The first-order valence-corrected chi connectivity index (χ1v) is 8.02. The third-order valence-electron chi connectivity index (χ3n) is 2.02. The second-order valence-corrected chi connectivity index (χ2v) is 6.49. The molecular weight excluding hydrogens is 520 g/mol. The Balaban J connectivity index is 5.37. The molecule has 0 aromatic rings. The molecule has 0 N–H and O–H groups in total. The first kappa shape index (κ1) is 30.0. The molecule has 0 aromatic carbocycles. The summed E-state index contributed by atoms with van der Waals surface area (Å²) in [5.74, 6) is 0. The Morgan fingerprint density at radius 2 is 0.839 bits per heavy atom. The van der Waals surface area contributed by atoms with Crippen LogP contribution in [0.15, 0.2) is 0 Å². The second kappa shape index (κ2) is 9.46. The quantitative estimate of drug-likeness (QED) is 0.258. The number of hydrogen-bond donors (Lipinski definition) is 0. The van der Waals surface area contributed by atoms with Gasteiger partial charge in [0, 0.05) is 0 Å². The zero-order valence-corrected chi connectivity index (χ0v) is 14.6. The van der Waals surface area contributed by atoms with Crippen LogP contribution in [0.25, 0.3) is 0 Å². The molecule has 31 heavy (non-hydrogen) atoms. The van der Waals surface area contributed by atoms with E-state index >= 15 is 0 Å². The lowest BCUT2D eigenvalue weighted by Gasteiger charge is -2.29. The van der Waals surface area contributed by atoms with E-state index in [-0.39, 0.29) is 0 Å². The summed E-state index contributed by atoms with van der Waals surface area (Å²) in [6, 6.07) is 0. The van der Waals surface area contributed by atoms with E-state index in [1.165, 1.54) is 0 Å². The van der Waals surface area contributed by atoms with Crippen molar-refractivity contribution in [3.05, 3.63) is 0 Å². The lowest BCUT2D eigenvalue weighted by molar-refractivity contribution is -0.529. The van der Waals surface area contributed by atoms with Crippen LogP contribution in [0, 0.1) is 0 Å². The number of hydrogen-bond acceptors (Lipinski definition) is 6. The fourth-order valence-corrected chi connectivity index (χ4v) is 2.19. The van der Waals surface area contributed by atoms with Crippen molar-refractivity contribution in [2.45, 2.75) is 37.0 Å². The molecule has 0 saturated heterocycles. The molecule has 188 valence electrons. The Morgan fingerprint density at radius 3 is 1.16 bits per heavy atom. The molecule has 0 aliphatic carbocycles. The minimum Gasteiger partial charge on any atom is -0.278 e. The molecule has 0 bridgehead atoms. The summed E-state index contributed by atoms with van der Waals surface area (Å²) in [7, 11) is -6.29. The van der Waals surface area contributed by atoms with Crippen molar-refractivity contribution < 1.29 is 93.5 Å². The van der Waals surface area contributed by atoms with Crippen molar-refractivity contribution in [2.24, 2.45) is 0 Å². The molecule has 0 fully saturated rings. The van der Waals surface area contributed by atoms with Crippen molar-refractivity contribution in [1.29, 1.82) is 0 Å². The fraction of sp³-hybridized carbons (Fsp3) is 1.00. The van der Waals surface area contributed by atoms with Crippen LogP contribution in [0.4, 0.5) is 65.9 Å². The van der Waals surface area contributed by atoms with Gasteiger partial charge in [0.25, 0.3) is 0 Å². The fourth-order valence-electron chi connectivity index (χ4n) is 1.05. The Bertz CT molecular complexity index is 604. The first-order valence-electron chi connectivity index (χ1n) is 6.56. The Labute approximate surface area is 159 Å². The van der Waals surface area contributed by atoms with Crippen molar-refractivity contribution in [2.75, 3.05) is 19.8 Å². The van der Waals surface area contributed by atoms with Crippen molar-refractivity contribution >= 4 is 7.82 Å². The Kier molecular flexibility index (Phi) is 9.15. The Morgan fingerprint density at radius 1 is 0.516 bits per heavy atom. The summed E-state index contributed by atoms with van der Waals surface area (Å²) in [5, 5.41) is 0. The smallest absolute Gasteiger partial charge is 0.278 e. The van der Waals surface area contributed by atoms with E-state index < -0.39 is 64.7 Å². The summed E-state index contributed by atoms with van der Waals surface area (Å²) in [6.07, 6.45) is -37.0. The van der Waals surface area contributed by atoms with E-state index in [2.05, 4.69) is 18.3 Å². The lowest BCUT2D eigenvalue weighted by Crippen LogP contribution is -2.51. The highest BCUT2D eigenvalue weighted by Gasteiger charge is 2.68. The summed E-state index contributed by atoms with van der Waals surface area (Å²) < 4.78 is 209. The van der Waals surface area contributed by atoms with Gasteiger partial charge in [-0.15, -0.1) is 13.2 Å². The standard InChI is InChI=1S/C9H6F15O6P/c10-4(11,12)1-26-31(25,27-2-5(13,14)15)28-3-6(16,17)29-7(18,19)8(20,21)30-9(22,23)24/h1-3H2. The molecule has 0 rings (SSSR count). The Hall–Kier alpha value is -1.02. The maximum atomic E-state index is 13.2. The molecule has 0 radical (unpaired) electrons. The SMILES string of the molecule is O=P(OCC(F)(F)F)(OCC(F)(F)F)OCC(F)(F)OC(F)(F)C(F)(F)OC(F)(F)F. The zero-order valence-electron chi connectivity index (χ0n) is 13.7. The average Bonchev–Trinajstić information content (AvgIpc) is 2.44. The van der Waals surface area contributed by atoms with E-state index in [1.807, 2.05) is 0 Å². The van der Waals surface area contributed by atoms with Gasteiger partial charge in [-0.25, -0.2) is 14.0 Å². The summed E-state index contributed by atoms with van der Waals surface area (Å²) in [6.45, 7) is -8.61. The monoisotopic (exact) mass is 526 g/mol. The summed E-state index contributed by atoms with van der Waals surface area (Å²) in [5.41, 5.74) is 0. The van der Waals surface area contributed by atoms with Gasteiger partial charge in [0.05, 0.1) is 0 Å². The molecule has 0 aliphatic rings. The third-order valence-corrected chi connectivity index (χ3v) is 3.36. The highest BCUT2D eigenvalue weighted by atomic mass is 31.2. The van der Waals surface area contributed by atoms with Crippen LogP contribution in [0.3, 0.4) is 0 Å². The van der Waals surface area contributed by atoms with Gasteiger partial charge < -0.3 is 0 Å². The van der Waals surface area contributed by atoms with Crippen molar-refractivity contribution in [1.82, 2.24) is 0 Å². The largest absolute Gasteiger partial charge is 0.527 e.